The van der Waals surface area contributed by atoms with Gasteiger partial charge in [-0.25, -0.2) is 9.37 Å². The van der Waals surface area contributed by atoms with E-state index in [0.29, 0.717) is 12.2 Å². The number of hydrogen-bond acceptors (Lipinski definition) is 3. The lowest BCUT2D eigenvalue weighted by Crippen LogP contribution is -2.24. The number of nitrogens with one attached hydrogen (secondary N) is 1. The molecule has 1 heterocycles. The highest BCUT2D eigenvalue weighted by Gasteiger charge is 2.18. The minimum Gasteiger partial charge on any atom is -0.324 e. The monoisotopic (exact) mass is 287 g/mol. The molecule has 1 atom stereocenters. The molecular formula is C17H22FN3. The van der Waals surface area contributed by atoms with Gasteiger partial charge in [-0.1, -0.05) is 25.1 Å². The molecular weight excluding hydrogens is 265 g/mol. The Morgan fingerprint density at radius 1 is 1.19 bits per heavy atom. The van der Waals surface area contributed by atoms with Gasteiger partial charge in [0, 0.05) is 24.3 Å². The quantitative estimate of drug-likeness (QED) is 0.868. The van der Waals surface area contributed by atoms with Gasteiger partial charge in [-0.15, -0.1) is 0 Å². The molecule has 0 radical (unpaired) electrons. The van der Waals surface area contributed by atoms with Crippen molar-refractivity contribution in [3.63, 3.8) is 0 Å². The van der Waals surface area contributed by atoms with Crippen LogP contribution in [0.15, 0.2) is 42.6 Å². The molecule has 1 aromatic carbocycles. The van der Waals surface area contributed by atoms with Crippen LogP contribution in [0.1, 0.15) is 32.4 Å². The number of aromatic nitrogens is 1. The summed E-state index contributed by atoms with van der Waals surface area (Å²) in [6.45, 7) is 7.70. The highest BCUT2D eigenvalue weighted by Crippen LogP contribution is 2.31. The van der Waals surface area contributed by atoms with Crippen molar-refractivity contribution >= 4 is 11.5 Å². The molecule has 0 saturated carbocycles. The Hall–Kier alpha value is -1.94. The molecule has 0 aliphatic heterocycles. The van der Waals surface area contributed by atoms with Gasteiger partial charge in [-0.05, 0) is 38.6 Å². The van der Waals surface area contributed by atoms with Gasteiger partial charge in [0.15, 0.2) is 0 Å². The minimum absolute atomic E-state index is 0.166. The number of pyridine rings is 1. The molecule has 2 rings (SSSR count). The van der Waals surface area contributed by atoms with Crippen LogP contribution in [0.25, 0.3) is 0 Å². The topological polar surface area (TPSA) is 28.2 Å². The molecule has 0 bridgehead atoms. The van der Waals surface area contributed by atoms with E-state index in [1.807, 2.05) is 30.0 Å². The van der Waals surface area contributed by atoms with Gasteiger partial charge >= 0.3 is 0 Å². The number of halogens is 1. The first kappa shape index (κ1) is 15.4. The summed E-state index contributed by atoms with van der Waals surface area (Å²) in [7, 11) is 0. The third kappa shape index (κ3) is 3.39. The number of hydrogen-bond donors (Lipinski definition) is 1. The minimum atomic E-state index is -0.230. The summed E-state index contributed by atoms with van der Waals surface area (Å²) < 4.78 is 14.1. The summed E-state index contributed by atoms with van der Waals surface area (Å²) in [5.41, 5.74) is 1.63. The number of benzene rings is 1. The second-order valence-corrected chi connectivity index (χ2v) is 4.89. The highest BCUT2D eigenvalue weighted by molar-refractivity contribution is 5.63. The first-order valence-electron chi connectivity index (χ1n) is 7.39. The van der Waals surface area contributed by atoms with Gasteiger partial charge in [-0.2, -0.15) is 0 Å². The average molecular weight is 287 g/mol. The summed E-state index contributed by atoms with van der Waals surface area (Å²) >= 11 is 0. The van der Waals surface area contributed by atoms with Crippen LogP contribution in [-0.4, -0.2) is 18.1 Å². The molecule has 0 aliphatic carbocycles. The van der Waals surface area contributed by atoms with E-state index in [1.54, 1.807) is 18.3 Å². The number of rotatable bonds is 6. The van der Waals surface area contributed by atoms with E-state index in [-0.39, 0.29) is 11.9 Å². The Morgan fingerprint density at radius 2 is 1.95 bits per heavy atom. The lowest BCUT2D eigenvalue weighted by Gasteiger charge is -2.27. The first-order chi connectivity index (χ1) is 10.2. The Labute approximate surface area is 125 Å². The lowest BCUT2D eigenvalue weighted by atomic mass is 10.1. The van der Waals surface area contributed by atoms with Crippen molar-refractivity contribution in [1.29, 1.82) is 0 Å². The molecule has 2 aromatic rings. The summed E-state index contributed by atoms with van der Waals surface area (Å²) in [6, 6.07) is 10.9. The maximum Gasteiger partial charge on any atom is 0.146 e. The van der Waals surface area contributed by atoms with E-state index in [1.165, 1.54) is 6.07 Å². The third-order valence-electron chi connectivity index (χ3n) is 3.51. The zero-order chi connectivity index (χ0) is 15.2. The van der Waals surface area contributed by atoms with Crippen LogP contribution in [-0.2, 0) is 0 Å². The molecule has 3 nitrogen and oxygen atoms in total. The molecule has 112 valence electrons. The van der Waals surface area contributed by atoms with Crippen molar-refractivity contribution in [1.82, 2.24) is 10.3 Å². The molecule has 0 saturated heterocycles. The van der Waals surface area contributed by atoms with E-state index >= 15 is 0 Å². The van der Waals surface area contributed by atoms with Gasteiger partial charge in [0.05, 0.1) is 5.69 Å². The van der Waals surface area contributed by atoms with E-state index < -0.39 is 0 Å². The Kier molecular flexibility index (Phi) is 5.28. The second kappa shape index (κ2) is 7.18. The van der Waals surface area contributed by atoms with Gasteiger partial charge in [0.25, 0.3) is 0 Å². The molecule has 1 aromatic heterocycles. The third-order valence-corrected chi connectivity index (χ3v) is 3.51. The van der Waals surface area contributed by atoms with Gasteiger partial charge in [0.2, 0.25) is 0 Å². The van der Waals surface area contributed by atoms with Gasteiger partial charge in [-0.3, -0.25) is 0 Å². The predicted molar refractivity (Wildman–Crippen MR) is 85.4 cm³/mol. The van der Waals surface area contributed by atoms with Crippen molar-refractivity contribution in [3.05, 3.63) is 54.0 Å². The maximum atomic E-state index is 14.1. The molecule has 0 aliphatic rings. The second-order valence-electron chi connectivity index (χ2n) is 4.89. The molecule has 1 N–H and O–H groups in total. The maximum absolute atomic E-state index is 14.1. The Balaban J connectivity index is 2.46. The van der Waals surface area contributed by atoms with Crippen LogP contribution in [0.4, 0.5) is 15.9 Å². The molecule has 0 spiro atoms. The van der Waals surface area contributed by atoms with E-state index in [2.05, 4.69) is 24.1 Å². The van der Waals surface area contributed by atoms with Crippen LogP contribution in [0, 0.1) is 5.82 Å². The van der Waals surface area contributed by atoms with Crippen LogP contribution in [0.5, 0.6) is 0 Å². The van der Waals surface area contributed by atoms with Crippen molar-refractivity contribution in [2.45, 2.75) is 26.8 Å². The smallest absolute Gasteiger partial charge is 0.146 e. The van der Waals surface area contributed by atoms with Crippen molar-refractivity contribution in [2.24, 2.45) is 0 Å². The zero-order valence-corrected chi connectivity index (χ0v) is 12.8. The van der Waals surface area contributed by atoms with Crippen molar-refractivity contribution in [3.8, 4) is 0 Å². The van der Waals surface area contributed by atoms with E-state index in [0.717, 1.165) is 17.9 Å². The summed E-state index contributed by atoms with van der Waals surface area (Å²) in [5.74, 6) is 0.575. The standard InChI is InChI=1S/C17H22FN3/c1-4-19-13(3)14-9-8-12-20-17(14)21(5-2)16-11-7-6-10-15(16)18/h6-13,19H,4-5H2,1-3H3. The average Bonchev–Trinajstić information content (AvgIpc) is 2.50. The fourth-order valence-electron chi connectivity index (χ4n) is 2.49. The normalized spacial score (nSPS) is 12.2. The predicted octanol–water partition coefficient (Wildman–Crippen LogP) is 4.05. The molecule has 0 amide bonds. The first-order valence-corrected chi connectivity index (χ1v) is 7.39. The highest BCUT2D eigenvalue weighted by atomic mass is 19.1. The van der Waals surface area contributed by atoms with Crippen LogP contribution >= 0.6 is 0 Å². The molecule has 1 unspecified atom stereocenters. The Morgan fingerprint density at radius 3 is 2.62 bits per heavy atom. The van der Waals surface area contributed by atoms with E-state index in [4.69, 9.17) is 0 Å². The Bertz CT molecular complexity index is 586. The molecule has 21 heavy (non-hydrogen) atoms. The summed E-state index contributed by atoms with van der Waals surface area (Å²) in [5, 5.41) is 3.39. The van der Waals surface area contributed by atoms with Crippen LogP contribution in [0.3, 0.4) is 0 Å². The number of anilines is 2. The number of nitrogens with zero attached hydrogens (tertiary/aromatic N) is 2. The van der Waals surface area contributed by atoms with Crippen molar-refractivity contribution < 1.29 is 4.39 Å². The van der Waals surface area contributed by atoms with Crippen LogP contribution in [0.2, 0.25) is 0 Å². The summed E-state index contributed by atoms with van der Waals surface area (Å²) in [4.78, 5) is 6.41. The number of para-hydroxylation sites is 1. The van der Waals surface area contributed by atoms with E-state index in [9.17, 15) is 4.39 Å². The zero-order valence-electron chi connectivity index (χ0n) is 12.8. The molecule has 0 fully saturated rings. The lowest BCUT2D eigenvalue weighted by molar-refractivity contribution is 0.594. The van der Waals surface area contributed by atoms with Gasteiger partial charge < -0.3 is 10.2 Å². The SMILES string of the molecule is CCNC(C)c1cccnc1N(CC)c1ccccc1F. The van der Waals surface area contributed by atoms with Crippen molar-refractivity contribution in [2.75, 3.05) is 18.0 Å². The fourth-order valence-corrected chi connectivity index (χ4v) is 2.49. The summed E-state index contributed by atoms with van der Waals surface area (Å²) in [6.07, 6.45) is 1.75. The molecule has 4 heteroatoms. The van der Waals surface area contributed by atoms with Crippen LogP contribution < -0.4 is 10.2 Å². The largest absolute Gasteiger partial charge is 0.324 e. The fraction of sp³-hybridized carbons (Fsp3) is 0.353. The van der Waals surface area contributed by atoms with Gasteiger partial charge in [0.1, 0.15) is 11.6 Å².